The van der Waals surface area contributed by atoms with Crippen LogP contribution in [0, 0.1) is 6.92 Å². The SMILES string of the molecule is Cc1cc(Cl)ccc1OCC(=O)N[C@@H](C)CN.Cl. The summed E-state index contributed by atoms with van der Waals surface area (Å²) in [5.74, 6) is 0.474. The van der Waals surface area contributed by atoms with Gasteiger partial charge in [-0.15, -0.1) is 12.4 Å². The maximum absolute atomic E-state index is 11.4. The van der Waals surface area contributed by atoms with Gasteiger partial charge < -0.3 is 15.8 Å². The fourth-order valence-electron chi connectivity index (χ4n) is 1.29. The van der Waals surface area contributed by atoms with Gasteiger partial charge in [0.1, 0.15) is 5.75 Å². The summed E-state index contributed by atoms with van der Waals surface area (Å²) in [5, 5.41) is 3.36. The number of benzene rings is 1. The number of amides is 1. The number of aryl methyl sites for hydroxylation is 1. The van der Waals surface area contributed by atoms with Crippen LogP contribution in [-0.2, 0) is 4.79 Å². The first kappa shape index (κ1) is 17.0. The highest BCUT2D eigenvalue weighted by Crippen LogP contribution is 2.21. The number of carbonyl (C=O) groups excluding carboxylic acids is 1. The Bertz CT molecular complexity index is 400. The maximum atomic E-state index is 11.4. The Morgan fingerprint density at radius 3 is 2.78 bits per heavy atom. The fraction of sp³-hybridized carbons (Fsp3) is 0.417. The highest BCUT2D eigenvalue weighted by atomic mass is 35.5. The van der Waals surface area contributed by atoms with Crippen molar-refractivity contribution in [3.05, 3.63) is 28.8 Å². The van der Waals surface area contributed by atoms with E-state index in [1.807, 2.05) is 13.8 Å². The lowest BCUT2D eigenvalue weighted by Crippen LogP contribution is -2.40. The number of hydrogen-bond acceptors (Lipinski definition) is 3. The molecule has 0 saturated carbocycles. The molecule has 18 heavy (non-hydrogen) atoms. The monoisotopic (exact) mass is 292 g/mol. The Morgan fingerprint density at radius 1 is 1.56 bits per heavy atom. The highest BCUT2D eigenvalue weighted by molar-refractivity contribution is 6.30. The third kappa shape index (κ3) is 5.58. The van der Waals surface area contributed by atoms with E-state index in [4.69, 9.17) is 22.1 Å². The van der Waals surface area contributed by atoms with E-state index < -0.39 is 0 Å². The van der Waals surface area contributed by atoms with E-state index in [-0.39, 0.29) is 31.0 Å². The largest absolute Gasteiger partial charge is 0.484 e. The molecule has 0 saturated heterocycles. The van der Waals surface area contributed by atoms with Gasteiger partial charge in [-0.2, -0.15) is 0 Å². The summed E-state index contributed by atoms with van der Waals surface area (Å²) >= 11 is 5.82. The summed E-state index contributed by atoms with van der Waals surface area (Å²) in [6, 6.07) is 5.22. The Labute approximate surface area is 118 Å². The van der Waals surface area contributed by atoms with E-state index in [2.05, 4.69) is 5.32 Å². The van der Waals surface area contributed by atoms with Gasteiger partial charge in [0.2, 0.25) is 0 Å². The van der Waals surface area contributed by atoms with Crippen LogP contribution in [0.4, 0.5) is 0 Å². The van der Waals surface area contributed by atoms with Crippen molar-refractivity contribution in [3.8, 4) is 5.75 Å². The molecule has 6 heteroatoms. The van der Waals surface area contributed by atoms with Gasteiger partial charge in [0.25, 0.3) is 5.91 Å². The molecular formula is C12H18Cl2N2O2. The molecule has 1 aromatic carbocycles. The molecule has 102 valence electrons. The number of nitrogens with one attached hydrogen (secondary N) is 1. The molecule has 4 nitrogen and oxygen atoms in total. The summed E-state index contributed by atoms with van der Waals surface area (Å²) in [4.78, 5) is 11.4. The normalized spacial score (nSPS) is 11.3. The van der Waals surface area contributed by atoms with Gasteiger partial charge in [-0.25, -0.2) is 0 Å². The number of hydrogen-bond donors (Lipinski definition) is 2. The van der Waals surface area contributed by atoms with E-state index in [1.54, 1.807) is 18.2 Å². The van der Waals surface area contributed by atoms with Crippen LogP contribution in [0.1, 0.15) is 12.5 Å². The first-order chi connectivity index (χ1) is 8.02. The summed E-state index contributed by atoms with van der Waals surface area (Å²) in [6.07, 6.45) is 0. The number of carbonyl (C=O) groups is 1. The zero-order valence-corrected chi connectivity index (χ0v) is 12.0. The van der Waals surface area contributed by atoms with Crippen molar-refractivity contribution in [2.75, 3.05) is 13.2 Å². The second kappa shape index (κ2) is 8.19. The molecule has 0 unspecified atom stereocenters. The number of halogens is 2. The Balaban J connectivity index is 0.00000289. The molecule has 0 bridgehead atoms. The molecule has 1 amide bonds. The van der Waals surface area contributed by atoms with Crippen molar-refractivity contribution in [2.45, 2.75) is 19.9 Å². The summed E-state index contributed by atoms with van der Waals surface area (Å²) in [7, 11) is 0. The smallest absolute Gasteiger partial charge is 0.258 e. The van der Waals surface area contributed by atoms with E-state index in [0.717, 1.165) is 5.56 Å². The number of rotatable bonds is 5. The van der Waals surface area contributed by atoms with Gasteiger partial charge >= 0.3 is 0 Å². The van der Waals surface area contributed by atoms with Crippen molar-refractivity contribution in [2.24, 2.45) is 5.73 Å². The standard InChI is InChI=1S/C12H17ClN2O2.ClH/c1-8-5-10(13)3-4-11(8)17-7-12(16)15-9(2)6-14;/h3-5,9H,6-7,14H2,1-2H3,(H,15,16);1H/t9-;/m0./s1. The van der Waals surface area contributed by atoms with E-state index in [0.29, 0.717) is 17.3 Å². The zero-order chi connectivity index (χ0) is 12.8. The zero-order valence-electron chi connectivity index (χ0n) is 10.4. The van der Waals surface area contributed by atoms with Crippen molar-refractivity contribution >= 4 is 29.9 Å². The summed E-state index contributed by atoms with van der Waals surface area (Å²) < 4.78 is 5.39. The molecule has 0 fully saturated rings. The van der Waals surface area contributed by atoms with Crippen LogP contribution in [-0.4, -0.2) is 25.1 Å². The molecule has 0 spiro atoms. The van der Waals surface area contributed by atoms with Crippen molar-refractivity contribution < 1.29 is 9.53 Å². The van der Waals surface area contributed by atoms with Crippen LogP contribution in [0.3, 0.4) is 0 Å². The molecule has 0 aliphatic carbocycles. The second-order valence-electron chi connectivity index (χ2n) is 3.90. The lowest BCUT2D eigenvalue weighted by Gasteiger charge is -2.13. The quantitative estimate of drug-likeness (QED) is 0.871. The summed E-state index contributed by atoms with van der Waals surface area (Å²) in [6.45, 7) is 4.10. The highest BCUT2D eigenvalue weighted by Gasteiger charge is 2.07. The third-order valence-electron chi connectivity index (χ3n) is 2.26. The molecule has 0 aliphatic rings. The van der Waals surface area contributed by atoms with Gasteiger partial charge in [-0.3, -0.25) is 4.79 Å². The number of ether oxygens (including phenoxy) is 1. The van der Waals surface area contributed by atoms with Gasteiger partial charge in [-0.05, 0) is 37.6 Å². The predicted octanol–water partition coefficient (Wildman–Crippen LogP) is 1.91. The molecule has 3 N–H and O–H groups in total. The lowest BCUT2D eigenvalue weighted by atomic mass is 10.2. The predicted molar refractivity (Wildman–Crippen MR) is 75.6 cm³/mol. The van der Waals surface area contributed by atoms with Crippen LogP contribution >= 0.6 is 24.0 Å². The van der Waals surface area contributed by atoms with Crippen LogP contribution in [0.25, 0.3) is 0 Å². The van der Waals surface area contributed by atoms with Gasteiger partial charge in [0, 0.05) is 17.6 Å². The van der Waals surface area contributed by atoms with Crippen LogP contribution in [0.2, 0.25) is 5.02 Å². The average Bonchev–Trinajstić information content (AvgIpc) is 2.27. The molecular weight excluding hydrogens is 275 g/mol. The van der Waals surface area contributed by atoms with Crippen molar-refractivity contribution in [1.29, 1.82) is 0 Å². The van der Waals surface area contributed by atoms with Gasteiger partial charge in [0.15, 0.2) is 6.61 Å². The van der Waals surface area contributed by atoms with Crippen molar-refractivity contribution in [1.82, 2.24) is 5.32 Å². The maximum Gasteiger partial charge on any atom is 0.258 e. The molecule has 1 atom stereocenters. The Kier molecular flexibility index (Phi) is 7.75. The third-order valence-corrected chi connectivity index (χ3v) is 2.49. The number of nitrogens with two attached hydrogens (primary N) is 1. The topological polar surface area (TPSA) is 64.3 Å². The van der Waals surface area contributed by atoms with E-state index in [1.165, 1.54) is 0 Å². The molecule has 1 rings (SSSR count). The van der Waals surface area contributed by atoms with Crippen LogP contribution in [0.5, 0.6) is 5.75 Å². The van der Waals surface area contributed by atoms with Crippen LogP contribution in [0.15, 0.2) is 18.2 Å². The van der Waals surface area contributed by atoms with E-state index >= 15 is 0 Å². The minimum Gasteiger partial charge on any atom is -0.484 e. The van der Waals surface area contributed by atoms with Gasteiger partial charge in [-0.1, -0.05) is 11.6 Å². The first-order valence-corrected chi connectivity index (χ1v) is 5.79. The first-order valence-electron chi connectivity index (χ1n) is 5.41. The summed E-state index contributed by atoms with van der Waals surface area (Å²) in [5.41, 5.74) is 6.30. The molecule has 1 aromatic rings. The Morgan fingerprint density at radius 2 is 2.22 bits per heavy atom. The molecule has 0 heterocycles. The van der Waals surface area contributed by atoms with E-state index in [9.17, 15) is 4.79 Å². The second-order valence-corrected chi connectivity index (χ2v) is 4.34. The minimum atomic E-state index is -0.183. The minimum absolute atomic E-state index is 0. The lowest BCUT2D eigenvalue weighted by molar-refractivity contribution is -0.123. The fourth-order valence-corrected chi connectivity index (χ4v) is 1.52. The van der Waals surface area contributed by atoms with Crippen LogP contribution < -0.4 is 15.8 Å². The average molecular weight is 293 g/mol. The van der Waals surface area contributed by atoms with Crippen molar-refractivity contribution in [3.63, 3.8) is 0 Å². The molecule has 0 aliphatic heterocycles. The molecule has 0 aromatic heterocycles. The Hall–Kier alpha value is -0.970. The van der Waals surface area contributed by atoms with Gasteiger partial charge in [0.05, 0.1) is 0 Å². The molecule has 0 radical (unpaired) electrons.